The number of alkyl halides is 3. The predicted octanol–water partition coefficient (Wildman–Crippen LogP) is 3.00. The lowest BCUT2D eigenvalue weighted by Crippen LogP contribution is -2.33. The molecule has 1 aromatic heterocycles. The molecule has 3 rings (SSSR count). The van der Waals surface area contributed by atoms with Crippen molar-refractivity contribution in [2.75, 3.05) is 0 Å². The SMILES string of the molecule is O=C1c2nccnc2CS(=O)(=O)C1c1cc(Cl)ccc1C(F)(F)F. The van der Waals surface area contributed by atoms with Crippen molar-refractivity contribution in [3.63, 3.8) is 0 Å². The van der Waals surface area contributed by atoms with Crippen LogP contribution in [-0.4, -0.2) is 24.2 Å². The monoisotopic (exact) mass is 376 g/mol. The lowest BCUT2D eigenvalue weighted by atomic mass is 9.99. The fourth-order valence-corrected chi connectivity index (χ4v) is 4.54. The molecule has 0 fully saturated rings. The van der Waals surface area contributed by atoms with Gasteiger partial charge in [0, 0.05) is 17.4 Å². The Morgan fingerprint density at radius 2 is 1.83 bits per heavy atom. The van der Waals surface area contributed by atoms with Crippen LogP contribution in [0.1, 0.15) is 32.6 Å². The van der Waals surface area contributed by atoms with Crippen LogP contribution < -0.4 is 0 Å². The number of hydrogen-bond acceptors (Lipinski definition) is 5. The highest BCUT2D eigenvalue weighted by Crippen LogP contribution is 2.42. The standard InChI is InChI=1S/C14H8ClF3N2O3S/c15-7-1-2-9(14(16,17)18)8(5-7)13-12(21)11-10(6-24(13,22)23)19-3-4-20-11/h1-5,13H,6H2. The van der Waals surface area contributed by atoms with Crippen molar-refractivity contribution in [1.29, 1.82) is 0 Å². The third-order valence-electron chi connectivity index (χ3n) is 3.54. The number of ketones is 1. The van der Waals surface area contributed by atoms with E-state index in [0.717, 1.165) is 12.1 Å². The minimum atomic E-state index is -4.83. The number of Topliss-reactive ketones (excluding diaryl/α,β-unsaturated/α-hetero) is 1. The highest BCUT2D eigenvalue weighted by Gasteiger charge is 2.46. The maximum absolute atomic E-state index is 13.2. The summed E-state index contributed by atoms with van der Waals surface area (Å²) in [5, 5.41) is -2.12. The van der Waals surface area contributed by atoms with Crippen LogP contribution in [0.4, 0.5) is 13.2 Å². The van der Waals surface area contributed by atoms with Crippen LogP contribution in [0.25, 0.3) is 0 Å². The second-order valence-electron chi connectivity index (χ2n) is 5.13. The summed E-state index contributed by atoms with van der Waals surface area (Å²) in [7, 11) is -4.25. The van der Waals surface area contributed by atoms with Gasteiger partial charge in [-0.05, 0) is 23.8 Å². The largest absolute Gasteiger partial charge is 0.416 e. The molecule has 1 aliphatic rings. The van der Waals surface area contributed by atoms with Gasteiger partial charge in [-0.25, -0.2) is 13.4 Å². The number of sulfone groups is 1. The minimum Gasteiger partial charge on any atom is -0.291 e. The number of benzene rings is 1. The van der Waals surface area contributed by atoms with Crippen molar-refractivity contribution in [3.8, 4) is 0 Å². The Hall–Kier alpha value is -2.00. The quantitative estimate of drug-likeness (QED) is 0.764. The molecule has 0 bridgehead atoms. The molecule has 0 saturated carbocycles. The highest BCUT2D eigenvalue weighted by molar-refractivity contribution is 7.91. The van der Waals surface area contributed by atoms with Gasteiger partial charge in [0.05, 0.1) is 17.0 Å². The summed E-state index contributed by atoms with van der Waals surface area (Å²) in [5.74, 6) is -1.71. The number of hydrogen-bond donors (Lipinski definition) is 0. The zero-order chi connectivity index (χ0) is 17.7. The second-order valence-corrected chi connectivity index (χ2v) is 7.65. The first-order valence-corrected chi connectivity index (χ1v) is 8.63. The molecule has 24 heavy (non-hydrogen) atoms. The third-order valence-corrected chi connectivity index (χ3v) is 5.64. The van der Waals surface area contributed by atoms with Crippen LogP contribution in [0.2, 0.25) is 5.02 Å². The molecule has 10 heteroatoms. The Labute approximate surface area is 139 Å². The molecule has 0 spiro atoms. The van der Waals surface area contributed by atoms with E-state index in [4.69, 9.17) is 11.6 Å². The van der Waals surface area contributed by atoms with Crippen LogP contribution >= 0.6 is 11.6 Å². The van der Waals surface area contributed by atoms with Crippen molar-refractivity contribution < 1.29 is 26.4 Å². The fraction of sp³-hybridized carbons (Fsp3) is 0.214. The number of aromatic nitrogens is 2. The summed E-state index contributed by atoms with van der Waals surface area (Å²) in [6.07, 6.45) is -2.45. The van der Waals surface area contributed by atoms with E-state index < -0.39 is 43.9 Å². The van der Waals surface area contributed by atoms with Gasteiger partial charge in [-0.15, -0.1) is 0 Å². The van der Waals surface area contributed by atoms with Crippen molar-refractivity contribution in [2.45, 2.75) is 17.2 Å². The number of carbonyl (C=O) groups is 1. The summed E-state index contributed by atoms with van der Waals surface area (Å²) < 4.78 is 64.6. The summed E-state index contributed by atoms with van der Waals surface area (Å²) in [6.45, 7) is 0. The van der Waals surface area contributed by atoms with Gasteiger partial charge in [-0.2, -0.15) is 13.2 Å². The van der Waals surface area contributed by atoms with E-state index >= 15 is 0 Å². The normalized spacial score (nSPS) is 19.8. The Balaban J connectivity index is 2.27. The number of fused-ring (bicyclic) bond motifs is 1. The molecule has 0 radical (unpaired) electrons. The molecule has 0 amide bonds. The van der Waals surface area contributed by atoms with Gasteiger partial charge < -0.3 is 0 Å². The second kappa shape index (κ2) is 5.52. The summed E-state index contributed by atoms with van der Waals surface area (Å²) >= 11 is 5.73. The fourth-order valence-electron chi connectivity index (χ4n) is 2.58. The van der Waals surface area contributed by atoms with Gasteiger partial charge >= 0.3 is 6.18 Å². The molecule has 1 aromatic carbocycles. The molecule has 0 N–H and O–H groups in total. The van der Waals surface area contributed by atoms with E-state index in [0.29, 0.717) is 6.07 Å². The summed E-state index contributed by atoms with van der Waals surface area (Å²) in [4.78, 5) is 20.1. The Bertz CT molecular complexity index is 945. The van der Waals surface area contributed by atoms with Crippen LogP contribution in [0.3, 0.4) is 0 Å². The van der Waals surface area contributed by atoms with Crippen molar-refractivity contribution in [3.05, 3.63) is 58.1 Å². The molecule has 5 nitrogen and oxygen atoms in total. The van der Waals surface area contributed by atoms with Crippen molar-refractivity contribution >= 4 is 27.2 Å². The maximum Gasteiger partial charge on any atom is 0.416 e. The van der Waals surface area contributed by atoms with E-state index in [1.807, 2.05) is 0 Å². The van der Waals surface area contributed by atoms with Gasteiger partial charge in [0.15, 0.2) is 15.1 Å². The van der Waals surface area contributed by atoms with Crippen LogP contribution in [0, 0.1) is 0 Å². The average Bonchev–Trinajstić information content (AvgIpc) is 2.45. The Kier molecular flexibility index (Phi) is 3.88. The third kappa shape index (κ3) is 2.78. The number of carbonyl (C=O) groups excluding carboxylic acids is 1. The zero-order valence-electron chi connectivity index (χ0n) is 11.7. The first-order valence-electron chi connectivity index (χ1n) is 6.53. The Morgan fingerprint density at radius 3 is 2.50 bits per heavy atom. The summed E-state index contributed by atoms with van der Waals surface area (Å²) in [5.41, 5.74) is -2.24. The molecule has 126 valence electrons. The number of halogens is 4. The molecule has 2 aromatic rings. The lowest BCUT2D eigenvalue weighted by molar-refractivity contribution is -0.138. The molecule has 0 saturated heterocycles. The smallest absolute Gasteiger partial charge is 0.291 e. The Morgan fingerprint density at radius 1 is 1.17 bits per heavy atom. The molecule has 0 aliphatic carbocycles. The molecule has 1 atom stereocenters. The van der Waals surface area contributed by atoms with Gasteiger partial charge in [0.25, 0.3) is 0 Å². The lowest BCUT2D eigenvalue weighted by Gasteiger charge is -2.25. The topological polar surface area (TPSA) is 77.0 Å². The van der Waals surface area contributed by atoms with Crippen molar-refractivity contribution in [2.24, 2.45) is 0 Å². The number of nitrogens with zero attached hydrogens (tertiary/aromatic N) is 2. The highest BCUT2D eigenvalue weighted by atomic mass is 35.5. The van der Waals surface area contributed by atoms with Gasteiger partial charge in [-0.1, -0.05) is 11.6 Å². The predicted molar refractivity (Wildman–Crippen MR) is 78.2 cm³/mol. The molecular weight excluding hydrogens is 369 g/mol. The van der Waals surface area contributed by atoms with Crippen molar-refractivity contribution in [1.82, 2.24) is 9.97 Å². The molecule has 1 unspecified atom stereocenters. The first-order chi connectivity index (χ1) is 11.1. The molecule has 2 heterocycles. The van der Waals surface area contributed by atoms with Gasteiger partial charge in [0.1, 0.15) is 5.69 Å². The molecular formula is C14H8ClF3N2O3S. The first kappa shape index (κ1) is 16.8. The van der Waals surface area contributed by atoms with Gasteiger partial charge in [-0.3, -0.25) is 9.78 Å². The average molecular weight is 377 g/mol. The molecule has 1 aliphatic heterocycles. The van der Waals surface area contributed by atoms with Gasteiger partial charge in [0.2, 0.25) is 5.78 Å². The van der Waals surface area contributed by atoms with Crippen LogP contribution in [-0.2, 0) is 21.8 Å². The van der Waals surface area contributed by atoms with E-state index in [-0.39, 0.29) is 16.4 Å². The van der Waals surface area contributed by atoms with E-state index in [9.17, 15) is 26.4 Å². The number of rotatable bonds is 1. The minimum absolute atomic E-state index is 0.0747. The maximum atomic E-state index is 13.2. The van der Waals surface area contributed by atoms with Crippen LogP contribution in [0.15, 0.2) is 30.6 Å². The zero-order valence-corrected chi connectivity index (χ0v) is 13.3. The van der Waals surface area contributed by atoms with Crippen LogP contribution in [0.5, 0.6) is 0 Å². The van der Waals surface area contributed by atoms with E-state index in [2.05, 4.69) is 9.97 Å². The summed E-state index contributed by atoms with van der Waals surface area (Å²) in [6, 6.07) is 2.50. The van der Waals surface area contributed by atoms with E-state index in [1.54, 1.807) is 0 Å². The van der Waals surface area contributed by atoms with E-state index in [1.165, 1.54) is 12.4 Å².